The third kappa shape index (κ3) is 5.37. The van der Waals surface area contributed by atoms with Crippen LogP contribution in [0.1, 0.15) is 50.7 Å². The van der Waals surface area contributed by atoms with E-state index in [1.54, 1.807) is 0 Å². The monoisotopic (exact) mass is 359 g/mol. The summed E-state index contributed by atoms with van der Waals surface area (Å²) in [4.78, 5) is 16.6. The number of nitrogens with one attached hydrogen (secondary N) is 1. The summed E-state index contributed by atoms with van der Waals surface area (Å²) < 4.78 is 5.97. The number of urea groups is 1. The highest BCUT2D eigenvalue weighted by atomic mass is 16.5. The highest BCUT2D eigenvalue weighted by molar-refractivity contribution is 5.74. The van der Waals surface area contributed by atoms with Crippen molar-refractivity contribution in [3.63, 3.8) is 0 Å². The second-order valence-electron chi connectivity index (χ2n) is 7.81. The normalized spacial score (nSPS) is 17.9. The van der Waals surface area contributed by atoms with Gasteiger partial charge in [0.1, 0.15) is 5.75 Å². The van der Waals surface area contributed by atoms with Crippen LogP contribution >= 0.6 is 0 Å². The van der Waals surface area contributed by atoms with E-state index < -0.39 is 0 Å². The molecule has 5 nitrogen and oxygen atoms in total. The van der Waals surface area contributed by atoms with Crippen molar-refractivity contribution in [3.05, 3.63) is 29.3 Å². The van der Waals surface area contributed by atoms with Crippen LogP contribution in [0.5, 0.6) is 5.75 Å². The third-order valence-corrected chi connectivity index (χ3v) is 5.23. The summed E-state index contributed by atoms with van der Waals surface area (Å²) in [5.74, 6) is 0.961. The van der Waals surface area contributed by atoms with Crippen molar-refractivity contribution in [3.8, 4) is 5.75 Å². The molecule has 1 saturated heterocycles. The van der Waals surface area contributed by atoms with E-state index in [4.69, 9.17) is 4.74 Å². The molecule has 0 atom stereocenters. The van der Waals surface area contributed by atoms with Crippen molar-refractivity contribution < 1.29 is 9.53 Å². The summed E-state index contributed by atoms with van der Waals surface area (Å²) in [5, 5.41) is 2.97. The molecule has 0 aliphatic carbocycles. The van der Waals surface area contributed by atoms with Gasteiger partial charge in [0.05, 0.1) is 6.61 Å². The highest BCUT2D eigenvalue weighted by Crippen LogP contribution is 2.24. The Balaban J connectivity index is 1.45. The van der Waals surface area contributed by atoms with E-state index in [1.807, 2.05) is 24.8 Å². The van der Waals surface area contributed by atoms with Crippen LogP contribution in [-0.2, 0) is 13.0 Å². The Morgan fingerprint density at radius 1 is 1.15 bits per heavy atom. The lowest BCUT2D eigenvalue weighted by molar-refractivity contribution is 0.189. The van der Waals surface area contributed by atoms with Crippen LogP contribution in [0.2, 0.25) is 0 Å². The second kappa shape index (κ2) is 9.26. The summed E-state index contributed by atoms with van der Waals surface area (Å²) in [5.41, 5.74) is 2.54. The fraction of sp³-hybridized carbons (Fsp3) is 0.667. The van der Waals surface area contributed by atoms with Gasteiger partial charge >= 0.3 is 6.03 Å². The molecule has 0 aromatic heterocycles. The molecular weight excluding hydrogens is 326 g/mol. The van der Waals surface area contributed by atoms with Gasteiger partial charge in [-0.2, -0.15) is 0 Å². The number of rotatable bonds is 6. The molecule has 1 fully saturated rings. The van der Waals surface area contributed by atoms with Gasteiger partial charge in [-0.05, 0) is 75.9 Å². The predicted octanol–water partition coefficient (Wildman–Crippen LogP) is 3.42. The number of hydrogen-bond acceptors (Lipinski definition) is 3. The Labute approximate surface area is 157 Å². The standard InChI is InChI=1S/C21H33N3O2/c1-17(2)22-21(25)24-13-9-18-15-20(8-7-19(18)16-24)26-14-6-12-23-10-4-3-5-11-23/h7-8,15,17H,3-6,9-14,16H2,1-2H3,(H,22,25). The Bertz CT molecular complexity index is 597. The van der Waals surface area contributed by atoms with E-state index in [1.165, 1.54) is 43.5 Å². The molecule has 1 N–H and O–H groups in total. The first kappa shape index (κ1) is 19.0. The van der Waals surface area contributed by atoms with E-state index in [0.717, 1.165) is 38.3 Å². The van der Waals surface area contributed by atoms with E-state index >= 15 is 0 Å². The number of nitrogens with zero attached hydrogens (tertiary/aromatic N) is 2. The van der Waals surface area contributed by atoms with E-state index in [9.17, 15) is 4.79 Å². The Hall–Kier alpha value is -1.75. The molecule has 2 amide bonds. The number of amides is 2. The minimum absolute atomic E-state index is 0.0312. The van der Waals surface area contributed by atoms with Crippen molar-refractivity contribution in [2.75, 3.05) is 32.8 Å². The SMILES string of the molecule is CC(C)NC(=O)N1CCc2cc(OCCCN3CCCCC3)ccc2C1. The average molecular weight is 360 g/mol. The number of carbonyl (C=O) groups excluding carboxylic acids is 1. The zero-order valence-electron chi connectivity index (χ0n) is 16.3. The van der Waals surface area contributed by atoms with Gasteiger partial charge in [-0.3, -0.25) is 0 Å². The van der Waals surface area contributed by atoms with Gasteiger partial charge in [0.2, 0.25) is 0 Å². The smallest absolute Gasteiger partial charge is 0.317 e. The molecule has 144 valence electrons. The lowest BCUT2D eigenvalue weighted by Gasteiger charge is -2.30. The zero-order chi connectivity index (χ0) is 18.4. The molecule has 5 heteroatoms. The molecular formula is C21H33N3O2. The maximum atomic E-state index is 12.2. The highest BCUT2D eigenvalue weighted by Gasteiger charge is 2.21. The molecule has 0 unspecified atom stereocenters. The molecule has 1 aromatic carbocycles. The molecule has 0 spiro atoms. The van der Waals surface area contributed by atoms with Gasteiger partial charge in [0.25, 0.3) is 0 Å². The van der Waals surface area contributed by atoms with E-state index in [0.29, 0.717) is 6.54 Å². The van der Waals surface area contributed by atoms with Crippen LogP contribution < -0.4 is 10.1 Å². The molecule has 2 aliphatic heterocycles. The van der Waals surface area contributed by atoms with Crippen molar-refractivity contribution in [2.45, 2.75) is 58.5 Å². The maximum absolute atomic E-state index is 12.2. The summed E-state index contributed by atoms with van der Waals surface area (Å²) in [7, 11) is 0. The second-order valence-corrected chi connectivity index (χ2v) is 7.81. The molecule has 26 heavy (non-hydrogen) atoms. The van der Waals surface area contributed by atoms with Crippen LogP contribution in [0.15, 0.2) is 18.2 Å². The van der Waals surface area contributed by atoms with Gasteiger partial charge in [-0.25, -0.2) is 4.79 Å². The lowest BCUT2D eigenvalue weighted by Crippen LogP contribution is -2.45. The Morgan fingerprint density at radius 2 is 1.96 bits per heavy atom. The molecule has 2 aliphatic rings. The fourth-order valence-electron chi connectivity index (χ4n) is 3.79. The predicted molar refractivity (Wildman–Crippen MR) is 105 cm³/mol. The van der Waals surface area contributed by atoms with Gasteiger partial charge < -0.3 is 19.9 Å². The minimum atomic E-state index is 0.0312. The summed E-state index contributed by atoms with van der Waals surface area (Å²) in [6, 6.07) is 6.52. The average Bonchev–Trinajstić information content (AvgIpc) is 2.65. The number of likely N-dealkylation sites (tertiary alicyclic amines) is 1. The lowest BCUT2D eigenvalue weighted by atomic mass is 9.99. The van der Waals surface area contributed by atoms with Crippen LogP contribution in [0, 0.1) is 0 Å². The number of ether oxygens (including phenoxy) is 1. The summed E-state index contributed by atoms with van der Waals surface area (Å²) in [6.07, 6.45) is 6.06. The zero-order valence-corrected chi connectivity index (χ0v) is 16.3. The first-order valence-corrected chi connectivity index (χ1v) is 10.1. The van der Waals surface area contributed by atoms with Gasteiger partial charge in [-0.1, -0.05) is 12.5 Å². The van der Waals surface area contributed by atoms with Crippen molar-refractivity contribution >= 4 is 6.03 Å². The number of hydrogen-bond donors (Lipinski definition) is 1. The van der Waals surface area contributed by atoms with Crippen LogP contribution in [0.3, 0.4) is 0 Å². The van der Waals surface area contributed by atoms with E-state index in [-0.39, 0.29) is 12.1 Å². The minimum Gasteiger partial charge on any atom is -0.494 e. The first-order chi connectivity index (χ1) is 12.6. The molecule has 2 heterocycles. The van der Waals surface area contributed by atoms with Crippen molar-refractivity contribution in [1.29, 1.82) is 0 Å². The van der Waals surface area contributed by atoms with Gasteiger partial charge in [0.15, 0.2) is 0 Å². The molecule has 0 radical (unpaired) electrons. The van der Waals surface area contributed by atoms with Crippen LogP contribution in [0.25, 0.3) is 0 Å². The fourth-order valence-corrected chi connectivity index (χ4v) is 3.79. The van der Waals surface area contributed by atoms with Crippen molar-refractivity contribution in [1.82, 2.24) is 15.1 Å². The summed E-state index contributed by atoms with van der Waals surface area (Å²) in [6.45, 7) is 9.85. The third-order valence-electron chi connectivity index (χ3n) is 5.23. The number of carbonyl (C=O) groups is 1. The molecule has 3 rings (SSSR count). The Morgan fingerprint density at radius 3 is 2.73 bits per heavy atom. The quantitative estimate of drug-likeness (QED) is 0.792. The first-order valence-electron chi connectivity index (χ1n) is 10.1. The molecule has 0 saturated carbocycles. The Kier molecular flexibility index (Phi) is 6.78. The molecule has 0 bridgehead atoms. The van der Waals surface area contributed by atoms with Crippen molar-refractivity contribution in [2.24, 2.45) is 0 Å². The maximum Gasteiger partial charge on any atom is 0.317 e. The molecule has 1 aromatic rings. The number of benzene rings is 1. The number of piperidine rings is 1. The van der Waals surface area contributed by atoms with Gasteiger partial charge in [0, 0.05) is 25.7 Å². The topological polar surface area (TPSA) is 44.8 Å². The van der Waals surface area contributed by atoms with E-state index in [2.05, 4.69) is 22.3 Å². The van der Waals surface area contributed by atoms with Gasteiger partial charge in [-0.15, -0.1) is 0 Å². The largest absolute Gasteiger partial charge is 0.494 e. The van der Waals surface area contributed by atoms with Crippen LogP contribution in [0.4, 0.5) is 4.79 Å². The number of fused-ring (bicyclic) bond motifs is 1. The summed E-state index contributed by atoms with van der Waals surface area (Å²) >= 11 is 0. The van der Waals surface area contributed by atoms with Crippen LogP contribution in [-0.4, -0.2) is 54.7 Å².